The maximum absolute atomic E-state index is 12.7. The van der Waals surface area contributed by atoms with Crippen molar-refractivity contribution in [3.63, 3.8) is 0 Å². The first-order valence-corrected chi connectivity index (χ1v) is 7.93. The van der Waals surface area contributed by atoms with Gasteiger partial charge in [0.15, 0.2) is 0 Å². The molecule has 0 radical (unpaired) electrons. The second-order valence-corrected chi connectivity index (χ2v) is 5.80. The lowest BCUT2D eigenvalue weighted by molar-refractivity contribution is -0.136. The van der Waals surface area contributed by atoms with Gasteiger partial charge < -0.3 is 20.5 Å². The molecule has 1 unspecified atom stereocenters. The summed E-state index contributed by atoms with van der Waals surface area (Å²) in [5.41, 5.74) is 6.41. The van der Waals surface area contributed by atoms with Crippen molar-refractivity contribution in [1.29, 1.82) is 0 Å². The summed E-state index contributed by atoms with van der Waals surface area (Å²) < 4.78 is 10.9. The van der Waals surface area contributed by atoms with Gasteiger partial charge in [0.25, 0.3) is 0 Å². The van der Waals surface area contributed by atoms with E-state index in [-0.39, 0.29) is 11.9 Å². The number of rotatable bonds is 6. The van der Waals surface area contributed by atoms with Gasteiger partial charge in [0.2, 0.25) is 5.91 Å². The van der Waals surface area contributed by atoms with E-state index in [2.05, 4.69) is 5.32 Å². The van der Waals surface area contributed by atoms with Crippen molar-refractivity contribution in [2.24, 2.45) is 11.1 Å². The molecule has 3 N–H and O–H groups in total. The number of ether oxygens (including phenoxy) is 2. The van der Waals surface area contributed by atoms with Crippen molar-refractivity contribution in [3.8, 4) is 5.75 Å². The highest BCUT2D eigenvalue weighted by Gasteiger charge is 2.39. The highest BCUT2D eigenvalue weighted by molar-refractivity contribution is 5.83. The summed E-state index contributed by atoms with van der Waals surface area (Å²) >= 11 is 0. The zero-order valence-electron chi connectivity index (χ0n) is 13.4. The van der Waals surface area contributed by atoms with Crippen molar-refractivity contribution < 1.29 is 14.3 Å². The van der Waals surface area contributed by atoms with E-state index in [0.29, 0.717) is 39.2 Å². The van der Waals surface area contributed by atoms with E-state index in [1.165, 1.54) is 0 Å². The molecule has 1 aromatic rings. The average molecular weight is 306 g/mol. The van der Waals surface area contributed by atoms with Crippen molar-refractivity contribution in [1.82, 2.24) is 5.32 Å². The number of hydrogen-bond donors (Lipinski definition) is 2. The van der Waals surface area contributed by atoms with E-state index < -0.39 is 5.41 Å². The Morgan fingerprint density at radius 3 is 2.82 bits per heavy atom. The van der Waals surface area contributed by atoms with Crippen LogP contribution >= 0.6 is 0 Å². The molecule has 1 aliphatic heterocycles. The third-order valence-corrected chi connectivity index (χ3v) is 4.34. The Bertz CT molecular complexity index is 498. The van der Waals surface area contributed by atoms with Gasteiger partial charge in [-0.05, 0) is 44.4 Å². The number of nitrogens with two attached hydrogens (primary N) is 1. The van der Waals surface area contributed by atoms with Gasteiger partial charge in [-0.2, -0.15) is 0 Å². The molecule has 1 saturated heterocycles. The molecule has 1 heterocycles. The van der Waals surface area contributed by atoms with Gasteiger partial charge in [-0.25, -0.2) is 0 Å². The summed E-state index contributed by atoms with van der Waals surface area (Å²) in [6.07, 6.45) is 1.36. The number of carbonyl (C=O) groups is 1. The first-order valence-electron chi connectivity index (χ1n) is 7.93. The van der Waals surface area contributed by atoms with Crippen molar-refractivity contribution in [3.05, 3.63) is 29.8 Å². The lowest BCUT2D eigenvalue weighted by Gasteiger charge is -2.35. The second-order valence-electron chi connectivity index (χ2n) is 5.80. The Kier molecular flexibility index (Phi) is 5.80. The monoisotopic (exact) mass is 306 g/mol. The van der Waals surface area contributed by atoms with E-state index >= 15 is 0 Å². The minimum Gasteiger partial charge on any atom is -0.494 e. The molecular weight excluding hydrogens is 280 g/mol. The fourth-order valence-corrected chi connectivity index (χ4v) is 2.76. The Balaban J connectivity index is 2.05. The average Bonchev–Trinajstić information content (AvgIpc) is 2.56. The normalized spacial score (nSPS) is 18.5. The summed E-state index contributed by atoms with van der Waals surface area (Å²) in [5, 5.41) is 3.10. The first kappa shape index (κ1) is 16.8. The molecular formula is C17H26N2O3. The Morgan fingerprint density at radius 1 is 1.45 bits per heavy atom. The van der Waals surface area contributed by atoms with Crippen LogP contribution in [0.4, 0.5) is 0 Å². The molecule has 0 bridgehead atoms. The van der Waals surface area contributed by atoms with Crippen LogP contribution < -0.4 is 15.8 Å². The summed E-state index contributed by atoms with van der Waals surface area (Å²) in [4.78, 5) is 12.7. The lowest BCUT2D eigenvalue weighted by Crippen LogP contribution is -2.49. The van der Waals surface area contributed by atoms with Gasteiger partial charge in [-0.15, -0.1) is 0 Å². The molecule has 1 fully saturated rings. The van der Waals surface area contributed by atoms with E-state index in [4.69, 9.17) is 15.2 Å². The number of amides is 1. The molecule has 22 heavy (non-hydrogen) atoms. The minimum absolute atomic E-state index is 0.0209. The maximum atomic E-state index is 12.7. The standard InChI is InChI=1S/C17H26N2O3/c1-3-22-15-6-4-5-14(11-15)13(2)19-16(20)17(12-18)7-9-21-10-8-17/h4-6,11,13H,3,7-10,12,18H2,1-2H3,(H,19,20). The highest BCUT2D eigenvalue weighted by Crippen LogP contribution is 2.30. The van der Waals surface area contributed by atoms with Crippen molar-refractivity contribution in [2.75, 3.05) is 26.4 Å². The molecule has 2 rings (SSSR count). The molecule has 0 saturated carbocycles. The van der Waals surface area contributed by atoms with Crippen LogP contribution in [-0.4, -0.2) is 32.3 Å². The predicted molar refractivity (Wildman–Crippen MR) is 85.7 cm³/mol. The highest BCUT2D eigenvalue weighted by atomic mass is 16.5. The largest absolute Gasteiger partial charge is 0.494 e. The summed E-state index contributed by atoms with van der Waals surface area (Å²) in [6, 6.07) is 7.73. The van der Waals surface area contributed by atoms with Crippen LogP contribution in [0.5, 0.6) is 5.75 Å². The Morgan fingerprint density at radius 2 is 2.18 bits per heavy atom. The van der Waals surface area contributed by atoms with Gasteiger partial charge in [0.05, 0.1) is 18.1 Å². The molecule has 1 amide bonds. The van der Waals surface area contributed by atoms with Gasteiger partial charge in [-0.1, -0.05) is 12.1 Å². The fraction of sp³-hybridized carbons (Fsp3) is 0.588. The van der Waals surface area contributed by atoms with Crippen LogP contribution in [-0.2, 0) is 9.53 Å². The van der Waals surface area contributed by atoms with Gasteiger partial charge in [0, 0.05) is 19.8 Å². The quantitative estimate of drug-likeness (QED) is 0.843. The van der Waals surface area contributed by atoms with Crippen molar-refractivity contribution >= 4 is 5.91 Å². The molecule has 0 aliphatic carbocycles. The predicted octanol–water partition coefficient (Wildman–Crippen LogP) is 2.02. The smallest absolute Gasteiger partial charge is 0.228 e. The van der Waals surface area contributed by atoms with Crippen molar-refractivity contribution in [2.45, 2.75) is 32.7 Å². The van der Waals surface area contributed by atoms with Gasteiger partial charge in [0.1, 0.15) is 5.75 Å². The zero-order valence-corrected chi connectivity index (χ0v) is 13.4. The summed E-state index contributed by atoms with van der Waals surface area (Å²) in [5.74, 6) is 0.841. The Labute approximate surface area is 132 Å². The van der Waals surface area contributed by atoms with Gasteiger partial charge >= 0.3 is 0 Å². The van der Waals surface area contributed by atoms with Crippen LogP contribution in [0.1, 0.15) is 38.3 Å². The number of nitrogens with one attached hydrogen (secondary N) is 1. The van der Waals surface area contributed by atoms with Crippen LogP contribution in [0.25, 0.3) is 0 Å². The van der Waals surface area contributed by atoms with E-state index in [1.54, 1.807) is 0 Å². The third-order valence-electron chi connectivity index (χ3n) is 4.34. The summed E-state index contributed by atoms with van der Waals surface area (Å²) in [6.45, 7) is 6.10. The summed E-state index contributed by atoms with van der Waals surface area (Å²) in [7, 11) is 0. The first-order chi connectivity index (χ1) is 10.6. The van der Waals surface area contributed by atoms with Crippen LogP contribution in [0, 0.1) is 5.41 Å². The minimum atomic E-state index is -0.496. The number of carbonyl (C=O) groups excluding carboxylic acids is 1. The van der Waals surface area contributed by atoms with Crippen LogP contribution in [0.15, 0.2) is 24.3 Å². The second kappa shape index (κ2) is 7.61. The third kappa shape index (κ3) is 3.78. The number of benzene rings is 1. The topological polar surface area (TPSA) is 73.6 Å². The molecule has 1 aromatic carbocycles. The molecule has 1 atom stereocenters. The van der Waals surface area contributed by atoms with Gasteiger partial charge in [-0.3, -0.25) is 4.79 Å². The van der Waals surface area contributed by atoms with E-state index in [1.807, 2.05) is 38.1 Å². The van der Waals surface area contributed by atoms with E-state index in [9.17, 15) is 4.79 Å². The van der Waals surface area contributed by atoms with Crippen LogP contribution in [0.2, 0.25) is 0 Å². The fourth-order valence-electron chi connectivity index (χ4n) is 2.76. The zero-order chi connectivity index (χ0) is 16.0. The maximum Gasteiger partial charge on any atom is 0.228 e. The lowest BCUT2D eigenvalue weighted by atomic mass is 9.79. The molecule has 5 heteroatoms. The Hall–Kier alpha value is -1.59. The molecule has 0 aromatic heterocycles. The number of hydrogen-bond acceptors (Lipinski definition) is 4. The molecule has 5 nitrogen and oxygen atoms in total. The molecule has 0 spiro atoms. The SMILES string of the molecule is CCOc1cccc(C(C)NC(=O)C2(CN)CCOCC2)c1. The molecule has 122 valence electrons. The van der Waals surface area contributed by atoms with E-state index in [0.717, 1.165) is 11.3 Å². The van der Waals surface area contributed by atoms with Crippen LogP contribution in [0.3, 0.4) is 0 Å². The molecule has 1 aliphatic rings.